The highest BCUT2D eigenvalue weighted by Crippen LogP contribution is 2.43. The fraction of sp³-hybridized carbons (Fsp3) is 0.185. The molecule has 0 spiro atoms. The van der Waals surface area contributed by atoms with Crippen molar-refractivity contribution in [3.63, 3.8) is 0 Å². The van der Waals surface area contributed by atoms with Crippen LogP contribution in [0.2, 0.25) is 0 Å². The van der Waals surface area contributed by atoms with Gasteiger partial charge in [0, 0.05) is 17.8 Å². The molecule has 14 nitrogen and oxygen atoms in total. The Balaban J connectivity index is 1.80. The van der Waals surface area contributed by atoms with Gasteiger partial charge < -0.3 is 15.5 Å². The van der Waals surface area contributed by atoms with Gasteiger partial charge in [-0.3, -0.25) is 4.55 Å². The van der Waals surface area contributed by atoms with Crippen LogP contribution in [0.1, 0.15) is 13.8 Å². The highest BCUT2D eigenvalue weighted by molar-refractivity contribution is 7.91. The Kier molecular flexibility index (Phi) is 9.06. The standard InChI is InChI=1S/C27H27N5O9S3/c1-4-42(35,36)16-7-13-24(33)23(14-16)31-30-22-12-8-18-19(27(22)34)9-11-21(28-3)26(18)32-29-20-10-6-17(43(37,38)5-2)15-25(20)44(39,40)41/h6-15,28,33-34H,4-5H2,1-3H3,(H,39,40,41). The zero-order valence-electron chi connectivity index (χ0n) is 23.5. The summed E-state index contributed by atoms with van der Waals surface area (Å²) in [5.41, 5.74) is 0.0925. The number of azo groups is 2. The molecule has 44 heavy (non-hydrogen) atoms. The number of phenolic OH excluding ortho intramolecular Hbond substituents is 2. The van der Waals surface area contributed by atoms with Crippen molar-refractivity contribution >= 4 is 69.0 Å². The summed E-state index contributed by atoms with van der Waals surface area (Å²) in [5, 5.41) is 40.7. The quantitative estimate of drug-likeness (QED) is 0.115. The lowest BCUT2D eigenvalue weighted by Crippen LogP contribution is -2.06. The first-order valence-corrected chi connectivity index (χ1v) is 17.6. The minimum Gasteiger partial charge on any atom is -0.506 e. The molecule has 0 saturated heterocycles. The molecule has 4 rings (SSSR count). The van der Waals surface area contributed by atoms with Gasteiger partial charge in [-0.25, -0.2) is 16.8 Å². The Hall–Kier alpha value is -4.45. The van der Waals surface area contributed by atoms with Gasteiger partial charge in [0.25, 0.3) is 10.1 Å². The summed E-state index contributed by atoms with van der Waals surface area (Å²) in [5.74, 6) is -1.11. The summed E-state index contributed by atoms with van der Waals surface area (Å²) in [6.07, 6.45) is 0. The maximum Gasteiger partial charge on any atom is 0.296 e. The molecule has 0 unspecified atom stereocenters. The van der Waals surface area contributed by atoms with Gasteiger partial charge in [0.1, 0.15) is 33.4 Å². The van der Waals surface area contributed by atoms with E-state index >= 15 is 0 Å². The third kappa shape index (κ3) is 6.54. The molecule has 0 radical (unpaired) electrons. The van der Waals surface area contributed by atoms with Gasteiger partial charge >= 0.3 is 0 Å². The number of sulfone groups is 2. The van der Waals surface area contributed by atoms with Crippen LogP contribution in [0.15, 0.2) is 95.8 Å². The number of nitrogens with zero attached hydrogens (tertiary/aromatic N) is 4. The van der Waals surface area contributed by atoms with Gasteiger partial charge in [-0.2, -0.15) is 8.42 Å². The number of phenols is 2. The highest BCUT2D eigenvalue weighted by Gasteiger charge is 2.22. The normalized spacial score (nSPS) is 12.8. The molecular weight excluding hydrogens is 635 g/mol. The van der Waals surface area contributed by atoms with Gasteiger partial charge in [0.05, 0.1) is 27.0 Å². The molecule has 0 heterocycles. The Labute approximate surface area is 253 Å². The molecule has 0 saturated carbocycles. The summed E-state index contributed by atoms with van der Waals surface area (Å²) in [6, 6.07) is 12.7. The molecule has 4 aromatic rings. The largest absolute Gasteiger partial charge is 0.506 e. The van der Waals surface area contributed by atoms with E-state index in [0.717, 1.165) is 18.2 Å². The second-order valence-electron chi connectivity index (χ2n) is 9.20. The lowest BCUT2D eigenvalue weighted by atomic mass is 10.1. The SMILES string of the molecule is CCS(=O)(=O)c1ccc(O)c(N=Nc2ccc3c(N=Nc4ccc(S(=O)(=O)CC)cc4S(=O)(=O)O)c(NC)ccc3c2O)c1. The van der Waals surface area contributed by atoms with Crippen molar-refractivity contribution in [3.8, 4) is 11.5 Å². The predicted molar refractivity (Wildman–Crippen MR) is 163 cm³/mol. The Morgan fingerprint density at radius 2 is 1.20 bits per heavy atom. The summed E-state index contributed by atoms with van der Waals surface area (Å²) in [7, 11) is -10.7. The van der Waals surface area contributed by atoms with Crippen LogP contribution in [-0.2, 0) is 29.8 Å². The molecule has 0 bridgehead atoms. The zero-order valence-corrected chi connectivity index (χ0v) is 25.9. The number of hydrogen-bond acceptors (Lipinski definition) is 13. The molecule has 0 aliphatic carbocycles. The molecular formula is C27H27N5O9S3. The Bertz CT molecular complexity index is 2160. The molecule has 232 valence electrons. The lowest BCUT2D eigenvalue weighted by Gasteiger charge is -2.11. The van der Waals surface area contributed by atoms with E-state index in [0.29, 0.717) is 11.1 Å². The maximum atomic E-state index is 12.3. The number of nitrogens with one attached hydrogen (secondary N) is 1. The number of hydrogen-bond donors (Lipinski definition) is 4. The molecule has 4 aromatic carbocycles. The van der Waals surface area contributed by atoms with Gasteiger partial charge in [-0.15, -0.1) is 20.5 Å². The molecule has 17 heteroatoms. The summed E-state index contributed by atoms with van der Waals surface area (Å²) >= 11 is 0. The van der Waals surface area contributed by atoms with E-state index in [-0.39, 0.29) is 60.9 Å². The van der Waals surface area contributed by atoms with Crippen LogP contribution in [0.25, 0.3) is 10.8 Å². The van der Waals surface area contributed by atoms with Gasteiger partial charge in [0.2, 0.25) is 0 Å². The monoisotopic (exact) mass is 661 g/mol. The molecule has 0 aliphatic rings. The number of aromatic hydroxyl groups is 2. The zero-order chi connectivity index (χ0) is 32.4. The topological polar surface area (TPSA) is 225 Å². The second-order valence-corrected chi connectivity index (χ2v) is 15.1. The van der Waals surface area contributed by atoms with Crippen molar-refractivity contribution in [2.24, 2.45) is 20.5 Å². The molecule has 0 aliphatic heterocycles. The van der Waals surface area contributed by atoms with Crippen LogP contribution < -0.4 is 5.32 Å². The molecule has 0 atom stereocenters. The van der Waals surface area contributed by atoms with Gasteiger partial charge in [0.15, 0.2) is 25.4 Å². The van der Waals surface area contributed by atoms with Crippen molar-refractivity contribution in [1.82, 2.24) is 0 Å². The molecule has 0 aromatic heterocycles. The van der Waals surface area contributed by atoms with E-state index in [1.165, 1.54) is 44.2 Å². The van der Waals surface area contributed by atoms with E-state index in [1.807, 2.05) is 0 Å². The van der Waals surface area contributed by atoms with Crippen LogP contribution in [0.3, 0.4) is 0 Å². The van der Waals surface area contributed by atoms with Crippen LogP contribution in [0, 0.1) is 0 Å². The first-order chi connectivity index (χ1) is 20.6. The molecule has 4 N–H and O–H groups in total. The van der Waals surface area contributed by atoms with E-state index in [2.05, 4.69) is 25.8 Å². The molecule has 0 fully saturated rings. The van der Waals surface area contributed by atoms with Crippen LogP contribution in [0.4, 0.5) is 28.4 Å². The Morgan fingerprint density at radius 1 is 0.659 bits per heavy atom. The van der Waals surface area contributed by atoms with Crippen molar-refractivity contribution in [1.29, 1.82) is 0 Å². The van der Waals surface area contributed by atoms with Crippen molar-refractivity contribution in [2.45, 2.75) is 28.5 Å². The van der Waals surface area contributed by atoms with Gasteiger partial charge in [-0.1, -0.05) is 13.8 Å². The first-order valence-electron chi connectivity index (χ1n) is 12.8. The summed E-state index contributed by atoms with van der Waals surface area (Å²) < 4.78 is 82.8. The highest BCUT2D eigenvalue weighted by atomic mass is 32.2. The summed E-state index contributed by atoms with van der Waals surface area (Å²) in [4.78, 5) is -1.12. The Morgan fingerprint density at radius 3 is 1.82 bits per heavy atom. The number of benzene rings is 4. The first kappa shape index (κ1) is 32.5. The van der Waals surface area contributed by atoms with Crippen molar-refractivity contribution in [2.75, 3.05) is 23.9 Å². The third-order valence-electron chi connectivity index (χ3n) is 6.55. The van der Waals surface area contributed by atoms with E-state index in [4.69, 9.17) is 0 Å². The van der Waals surface area contributed by atoms with E-state index in [1.54, 1.807) is 19.2 Å². The molecule has 0 amide bonds. The van der Waals surface area contributed by atoms with E-state index < -0.39 is 34.7 Å². The third-order valence-corrected chi connectivity index (χ3v) is 10.9. The minimum atomic E-state index is -4.89. The average molecular weight is 662 g/mol. The van der Waals surface area contributed by atoms with Crippen molar-refractivity contribution < 1.29 is 40.0 Å². The smallest absolute Gasteiger partial charge is 0.296 e. The maximum absolute atomic E-state index is 12.3. The lowest BCUT2D eigenvalue weighted by molar-refractivity contribution is 0.475. The van der Waals surface area contributed by atoms with Crippen LogP contribution in [0.5, 0.6) is 11.5 Å². The summed E-state index contributed by atoms with van der Waals surface area (Å²) in [6.45, 7) is 2.87. The van der Waals surface area contributed by atoms with Crippen LogP contribution in [-0.4, -0.2) is 58.6 Å². The average Bonchev–Trinajstić information content (AvgIpc) is 2.99. The van der Waals surface area contributed by atoms with Crippen molar-refractivity contribution in [3.05, 3.63) is 60.7 Å². The number of fused-ring (bicyclic) bond motifs is 1. The minimum absolute atomic E-state index is 0.0258. The van der Waals surface area contributed by atoms with E-state index in [9.17, 15) is 40.0 Å². The predicted octanol–water partition coefficient (Wildman–Crippen LogP) is 5.96. The number of rotatable bonds is 10. The second kappa shape index (κ2) is 12.3. The number of anilines is 1. The van der Waals surface area contributed by atoms with Gasteiger partial charge in [-0.05, 0) is 60.7 Å². The van der Waals surface area contributed by atoms with Crippen LogP contribution >= 0.6 is 0 Å². The fourth-order valence-corrected chi connectivity index (χ4v) is 6.58. The fourth-order valence-electron chi connectivity index (χ4n) is 4.05.